The first-order valence-corrected chi connectivity index (χ1v) is 8.35. The van der Waals surface area contributed by atoms with Crippen LogP contribution in [0.15, 0.2) is 48.5 Å². The van der Waals surface area contributed by atoms with Gasteiger partial charge in [-0.15, -0.1) is 0 Å². The first-order valence-electron chi connectivity index (χ1n) is 8.35. The Labute approximate surface area is 153 Å². The summed E-state index contributed by atoms with van der Waals surface area (Å²) in [6.45, 7) is 0. The van der Waals surface area contributed by atoms with E-state index in [0.29, 0.717) is 11.1 Å². The number of rotatable bonds is 8. The highest BCUT2D eigenvalue weighted by Gasteiger charge is 2.17. The predicted octanol–water partition coefficient (Wildman–Crippen LogP) is 2.53. The Hall–Kier alpha value is -3.15. The molecular weight excluding hydrogens is 328 g/mol. The summed E-state index contributed by atoms with van der Waals surface area (Å²) in [6.07, 6.45) is 1.70. The van der Waals surface area contributed by atoms with Crippen molar-refractivity contribution in [3.63, 3.8) is 0 Å². The average molecular weight is 352 g/mol. The highest BCUT2D eigenvalue weighted by atomic mass is 16.5. The lowest BCUT2D eigenvalue weighted by Gasteiger charge is -2.17. The van der Waals surface area contributed by atoms with Gasteiger partial charge in [-0.2, -0.15) is 0 Å². The van der Waals surface area contributed by atoms with Gasteiger partial charge in [0.1, 0.15) is 11.7 Å². The van der Waals surface area contributed by atoms with E-state index in [1.165, 1.54) is 7.11 Å². The highest BCUT2D eigenvalue weighted by Crippen LogP contribution is 2.27. The molecule has 6 nitrogen and oxygen atoms in total. The number of nitrogens with one attached hydrogen (secondary N) is 2. The molecule has 0 aromatic heterocycles. The Morgan fingerprint density at radius 1 is 1.04 bits per heavy atom. The van der Waals surface area contributed by atoms with Gasteiger partial charge in [0.25, 0.3) is 0 Å². The maximum atomic E-state index is 11.8. The number of esters is 1. The number of amidine groups is 2. The van der Waals surface area contributed by atoms with Crippen LogP contribution in [0.3, 0.4) is 0 Å². The lowest BCUT2D eigenvalue weighted by atomic mass is 9.88. The third-order valence-electron chi connectivity index (χ3n) is 4.33. The van der Waals surface area contributed by atoms with Gasteiger partial charge in [0, 0.05) is 11.1 Å². The zero-order valence-electron chi connectivity index (χ0n) is 14.8. The van der Waals surface area contributed by atoms with Gasteiger partial charge in [-0.1, -0.05) is 36.4 Å². The first-order chi connectivity index (χ1) is 12.4. The Morgan fingerprint density at radius 3 is 2.27 bits per heavy atom. The normalized spacial score (nSPS) is 11.6. The van der Waals surface area contributed by atoms with Crippen molar-refractivity contribution in [2.45, 2.75) is 25.2 Å². The Kier molecular flexibility index (Phi) is 6.49. The fourth-order valence-electron chi connectivity index (χ4n) is 2.87. The number of hydrogen-bond donors (Lipinski definition) is 4. The van der Waals surface area contributed by atoms with Crippen molar-refractivity contribution in [1.29, 1.82) is 10.8 Å². The van der Waals surface area contributed by atoms with Gasteiger partial charge in [-0.25, -0.2) is 0 Å². The summed E-state index contributed by atoms with van der Waals surface area (Å²) in [4.78, 5) is 11.8. The number of benzene rings is 2. The van der Waals surface area contributed by atoms with Crippen molar-refractivity contribution < 1.29 is 9.53 Å². The molecule has 0 heterocycles. The third-order valence-corrected chi connectivity index (χ3v) is 4.33. The van der Waals surface area contributed by atoms with E-state index in [1.54, 1.807) is 12.1 Å². The van der Waals surface area contributed by atoms with E-state index in [0.717, 1.165) is 24.0 Å². The van der Waals surface area contributed by atoms with Crippen molar-refractivity contribution in [3.05, 3.63) is 70.8 Å². The maximum Gasteiger partial charge on any atom is 0.306 e. The van der Waals surface area contributed by atoms with Crippen LogP contribution < -0.4 is 11.5 Å². The molecule has 6 heteroatoms. The predicted molar refractivity (Wildman–Crippen MR) is 103 cm³/mol. The molecule has 0 aliphatic rings. The fraction of sp³-hybridized carbons (Fsp3) is 0.250. The number of nitrogens with two attached hydrogens (primary N) is 2. The van der Waals surface area contributed by atoms with Crippen molar-refractivity contribution in [1.82, 2.24) is 0 Å². The molecule has 0 spiro atoms. The van der Waals surface area contributed by atoms with Crippen LogP contribution in [0.1, 0.15) is 41.0 Å². The molecule has 0 aliphatic heterocycles. The molecule has 2 rings (SSSR count). The standard InChI is InChI=1S/C20H24N4O2/c1-26-18(25)12-15(14-5-3-7-17(11-14)20(23)24)9-8-13-4-2-6-16(10-13)19(21)22/h2-7,10-11,15H,8-9,12H2,1H3,(H3,21,22)(H3,23,24)/t15-/m1/s1. The first kappa shape index (κ1) is 19.2. The van der Waals surface area contributed by atoms with E-state index in [4.69, 9.17) is 27.0 Å². The molecule has 1 atom stereocenters. The molecule has 0 aliphatic carbocycles. The second kappa shape index (κ2) is 8.80. The number of methoxy groups -OCH3 is 1. The lowest BCUT2D eigenvalue weighted by molar-refractivity contribution is -0.141. The van der Waals surface area contributed by atoms with E-state index >= 15 is 0 Å². The largest absolute Gasteiger partial charge is 0.469 e. The van der Waals surface area contributed by atoms with Crippen LogP contribution in [0.4, 0.5) is 0 Å². The second-order valence-corrected chi connectivity index (χ2v) is 6.17. The molecule has 2 aromatic carbocycles. The maximum absolute atomic E-state index is 11.8. The number of carbonyl (C=O) groups is 1. The Bertz CT molecular complexity index is 817. The topological polar surface area (TPSA) is 126 Å². The zero-order valence-corrected chi connectivity index (χ0v) is 14.8. The highest BCUT2D eigenvalue weighted by molar-refractivity contribution is 5.95. The summed E-state index contributed by atoms with van der Waals surface area (Å²) in [5, 5.41) is 15.2. The summed E-state index contributed by atoms with van der Waals surface area (Å²) in [5.74, 6) is -0.298. The third kappa shape index (κ3) is 5.17. The molecule has 0 bridgehead atoms. The van der Waals surface area contributed by atoms with Crippen LogP contribution in [0, 0.1) is 10.8 Å². The van der Waals surface area contributed by atoms with Crippen LogP contribution in [0.5, 0.6) is 0 Å². The van der Waals surface area contributed by atoms with Gasteiger partial charge in [-0.05, 0) is 42.0 Å². The van der Waals surface area contributed by atoms with Crippen LogP contribution in [-0.4, -0.2) is 24.8 Å². The van der Waals surface area contributed by atoms with E-state index in [9.17, 15) is 4.79 Å². The van der Waals surface area contributed by atoms with Crippen LogP contribution in [0.2, 0.25) is 0 Å². The number of aryl methyl sites for hydroxylation is 1. The zero-order chi connectivity index (χ0) is 19.1. The van der Waals surface area contributed by atoms with E-state index in [1.807, 2.05) is 36.4 Å². The summed E-state index contributed by atoms with van der Waals surface area (Å²) in [7, 11) is 1.38. The van der Waals surface area contributed by atoms with Gasteiger partial charge in [0.2, 0.25) is 0 Å². The van der Waals surface area contributed by atoms with Crippen molar-refractivity contribution in [2.24, 2.45) is 11.5 Å². The van der Waals surface area contributed by atoms with E-state index in [-0.39, 0.29) is 30.0 Å². The lowest BCUT2D eigenvalue weighted by Crippen LogP contribution is -2.14. The minimum Gasteiger partial charge on any atom is -0.469 e. The molecule has 0 amide bonds. The SMILES string of the molecule is COC(=O)C[C@@H](CCc1cccc(C(=N)N)c1)c1cccc(C(=N)N)c1. The summed E-state index contributed by atoms with van der Waals surface area (Å²) in [6, 6.07) is 14.9. The smallest absolute Gasteiger partial charge is 0.306 e. The quantitative estimate of drug-likeness (QED) is 0.331. The molecule has 136 valence electrons. The molecule has 0 radical (unpaired) electrons. The van der Waals surface area contributed by atoms with Gasteiger partial charge in [0.05, 0.1) is 13.5 Å². The molecule has 0 unspecified atom stereocenters. The summed E-state index contributed by atoms with van der Waals surface area (Å²) >= 11 is 0. The van der Waals surface area contributed by atoms with E-state index < -0.39 is 0 Å². The summed E-state index contributed by atoms with van der Waals surface area (Å²) < 4.78 is 4.83. The van der Waals surface area contributed by atoms with Crippen molar-refractivity contribution >= 4 is 17.6 Å². The van der Waals surface area contributed by atoms with Crippen molar-refractivity contribution in [3.8, 4) is 0 Å². The molecule has 6 N–H and O–H groups in total. The number of carbonyl (C=O) groups excluding carboxylic acids is 1. The van der Waals surface area contributed by atoms with Crippen molar-refractivity contribution in [2.75, 3.05) is 7.11 Å². The second-order valence-electron chi connectivity index (χ2n) is 6.17. The fourth-order valence-corrected chi connectivity index (χ4v) is 2.87. The Balaban J connectivity index is 2.21. The molecule has 0 saturated heterocycles. The van der Waals surface area contributed by atoms with Gasteiger partial charge >= 0.3 is 5.97 Å². The monoisotopic (exact) mass is 352 g/mol. The van der Waals surface area contributed by atoms with Gasteiger partial charge in [0.15, 0.2) is 0 Å². The number of hydrogen-bond acceptors (Lipinski definition) is 4. The minimum absolute atomic E-state index is 0.00201. The molecule has 2 aromatic rings. The average Bonchev–Trinajstić information content (AvgIpc) is 2.65. The molecular formula is C20H24N4O2. The summed E-state index contributed by atoms with van der Waals surface area (Å²) in [5.41, 5.74) is 14.5. The van der Waals surface area contributed by atoms with E-state index in [2.05, 4.69) is 0 Å². The number of nitrogen functional groups attached to an aromatic ring is 2. The minimum atomic E-state index is -0.277. The molecule has 0 fully saturated rings. The molecule has 26 heavy (non-hydrogen) atoms. The van der Waals surface area contributed by atoms with Crippen LogP contribution in [-0.2, 0) is 16.0 Å². The van der Waals surface area contributed by atoms with Gasteiger partial charge < -0.3 is 16.2 Å². The van der Waals surface area contributed by atoms with Gasteiger partial charge in [-0.3, -0.25) is 15.6 Å². The van der Waals surface area contributed by atoms with Crippen LogP contribution in [0.25, 0.3) is 0 Å². The Morgan fingerprint density at radius 2 is 1.65 bits per heavy atom. The van der Waals surface area contributed by atoms with Crippen LogP contribution >= 0.6 is 0 Å². The number of ether oxygens (including phenoxy) is 1. The molecule has 0 saturated carbocycles.